The van der Waals surface area contributed by atoms with E-state index in [1.165, 1.54) is 10.4 Å². The van der Waals surface area contributed by atoms with Gasteiger partial charge in [-0.15, -0.1) is 11.8 Å². The van der Waals surface area contributed by atoms with Crippen LogP contribution in [0.5, 0.6) is 0 Å². The SMILES string of the molecule is CC1(C)C(SCCCS)O[C@H](C[C@@H](O)CCO[Si](c2ccccc2)(c2ccccc2)C(C)(C)C)C[C@@H]1O. The van der Waals surface area contributed by atoms with Crippen LogP contribution >= 0.6 is 24.4 Å². The van der Waals surface area contributed by atoms with E-state index in [9.17, 15) is 10.2 Å². The van der Waals surface area contributed by atoms with Gasteiger partial charge in [-0.05, 0) is 46.2 Å². The first-order valence-corrected chi connectivity index (χ1v) is 17.1. The van der Waals surface area contributed by atoms with Crippen molar-refractivity contribution in [3.8, 4) is 0 Å². The predicted octanol–water partition coefficient (Wildman–Crippen LogP) is 5.26. The van der Waals surface area contributed by atoms with Crippen LogP contribution < -0.4 is 10.4 Å². The average Bonchev–Trinajstić information content (AvgIpc) is 2.85. The van der Waals surface area contributed by atoms with E-state index in [4.69, 9.17) is 9.16 Å². The van der Waals surface area contributed by atoms with Gasteiger partial charge in [0.05, 0.1) is 18.3 Å². The second-order valence-electron chi connectivity index (χ2n) is 11.8. The van der Waals surface area contributed by atoms with Gasteiger partial charge in [-0.2, -0.15) is 12.6 Å². The third kappa shape index (κ3) is 7.44. The van der Waals surface area contributed by atoms with Crippen LogP contribution in [0, 0.1) is 5.41 Å². The summed E-state index contributed by atoms with van der Waals surface area (Å²) in [4.78, 5) is 0. The largest absolute Gasteiger partial charge is 0.407 e. The molecule has 1 aliphatic heterocycles. The van der Waals surface area contributed by atoms with Gasteiger partial charge in [0.2, 0.25) is 0 Å². The Morgan fingerprint density at radius 3 is 2.16 bits per heavy atom. The summed E-state index contributed by atoms with van der Waals surface area (Å²) >= 11 is 6.06. The second kappa shape index (κ2) is 13.5. The van der Waals surface area contributed by atoms with Crippen LogP contribution in [0.2, 0.25) is 5.04 Å². The Kier molecular flexibility index (Phi) is 11.2. The molecule has 3 rings (SSSR count). The van der Waals surface area contributed by atoms with Crippen molar-refractivity contribution in [3.05, 3.63) is 60.7 Å². The first-order valence-electron chi connectivity index (χ1n) is 13.5. The molecule has 1 saturated heterocycles. The maximum atomic E-state index is 11.0. The smallest absolute Gasteiger partial charge is 0.261 e. The summed E-state index contributed by atoms with van der Waals surface area (Å²) in [5.41, 5.74) is -0.420. The molecule has 1 fully saturated rings. The molecule has 0 aromatic heterocycles. The Labute approximate surface area is 235 Å². The lowest BCUT2D eigenvalue weighted by molar-refractivity contribution is -0.146. The lowest BCUT2D eigenvalue weighted by Crippen LogP contribution is -2.66. The topological polar surface area (TPSA) is 58.9 Å². The van der Waals surface area contributed by atoms with Crippen LogP contribution in [0.25, 0.3) is 0 Å². The van der Waals surface area contributed by atoms with Gasteiger partial charge in [0, 0.05) is 18.4 Å². The minimum Gasteiger partial charge on any atom is -0.407 e. The highest BCUT2D eigenvalue weighted by molar-refractivity contribution is 7.99. The minimum absolute atomic E-state index is 0.0957. The second-order valence-corrected chi connectivity index (χ2v) is 17.7. The number of rotatable bonds is 12. The van der Waals surface area contributed by atoms with E-state index in [0.29, 0.717) is 25.9 Å². The summed E-state index contributed by atoms with van der Waals surface area (Å²) in [5, 5.41) is 24.3. The quantitative estimate of drug-likeness (QED) is 0.187. The van der Waals surface area contributed by atoms with Gasteiger partial charge < -0.3 is 19.4 Å². The van der Waals surface area contributed by atoms with Crippen molar-refractivity contribution >= 4 is 43.1 Å². The molecule has 0 saturated carbocycles. The average molecular weight is 563 g/mol. The van der Waals surface area contributed by atoms with Gasteiger partial charge in [-0.25, -0.2) is 0 Å². The number of ether oxygens (including phenoxy) is 1. The fourth-order valence-corrected chi connectivity index (χ4v) is 11.6. The predicted molar refractivity (Wildman–Crippen MR) is 163 cm³/mol. The molecule has 7 heteroatoms. The van der Waals surface area contributed by atoms with Crippen molar-refractivity contribution in [3.63, 3.8) is 0 Å². The Balaban J connectivity index is 1.69. The van der Waals surface area contributed by atoms with Crippen molar-refractivity contribution in [2.75, 3.05) is 18.1 Å². The Hall–Kier alpha value is -0.803. The Morgan fingerprint density at radius 2 is 1.65 bits per heavy atom. The zero-order valence-corrected chi connectivity index (χ0v) is 25.8. The van der Waals surface area contributed by atoms with Crippen LogP contribution in [0.1, 0.15) is 60.3 Å². The third-order valence-corrected chi connectivity index (χ3v) is 14.5. The number of benzene rings is 2. The summed E-state index contributed by atoms with van der Waals surface area (Å²) in [6.07, 6.45) is 1.40. The maximum Gasteiger partial charge on any atom is 0.261 e. The molecule has 0 aliphatic carbocycles. The molecule has 4 atom stereocenters. The van der Waals surface area contributed by atoms with Gasteiger partial charge in [0.1, 0.15) is 5.44 Å². The van der Waals surface area contributed by atoms with E-state index in [1.54, 1.807) is 11.8 Å². The molecule has 37 heavy (non-hydrogen) atoms. The molecule has 0 spiro atoms. The highest BCUT2D eigenvalue weighted by Crippen LogP contribution is 2.43. The van der Waals surface area contributed by atoms with Gasteiger partial charge in [-0.1, -0.05) is 95.3 Å². The zero-order chi connectivity index (χ0) is 27.1. The van der Waals surface area contributed by atoms with E-state index in [1.807, 2.05) is 12.1 Å². The molecule has 2 N–H and O–H groups in total. The molecule has 0 bridgehead atoms. The number of aliphatic hydroxyl groups is 2. The van der Waals surface area contributed by atoms with Gasteiger partial charge in [0.15, 0.2) is 0 Å². The normalized spacial score (nSPS) is 23.1. The molecule has 0 radical (unpaired) electrons. The molecule has 1 unspecified atom stereocenters. The lowest BCUT2D eigenvalue weighted by atomic mass is 9.81. The molecule has 2 aromatic rings. The van der Waals surface area contributed by atoms with E-state index in [2.05, 4.69) is 95.8 Å². The van der Waals surface area contributed by atoms with Gasteiger partial charge in [0.25, 0.3) is 8.32 Å². The van der Waals surface area contributed by atoms with Crippen LogP contribution in [-0.4, -0.2) is 60.4 Å². The standard InChI is InChI=1S/C30H46O4S2Si/c1-29(2,3)37(25-13-8-6-9-14-25,26-15-10-7-11-16-26)33-18-17-23(31)21-24-22-27(32)30(4,5)28(34-24)36-20-12-19-35/h6-11,13-16,23-24,27-28,31-32,35H,12,17-22H2,1-5H3/t23-,24+,27-,28?/m0/s1. The number of aliphatic hydroxyl groups excluding tert-OH is 2. The first-order chi connectivity index (χ1) is 17.5. The number of hydrogen-bond acceptors (Lipinski definition) is 6. The van der Waals surface area contributed by atoms with E-state index in [-0.39, 0.29) is 22.0 Å². The molecule has 1 aliphatic rings. The third-order valence-electron chi connectivity index (χ3n) is 7.56. The van der Waals surface area contributed by atoms with Gasteiger partial charge >= 0.3 is 0 Å². The Morgan fingerprint density at radius 1 is 1.08 bits per heavy atom. The molecule has 0 amide bonds. The van der Waals surface area contributed by atoms with Crippen molar-refractivity contribution in [1.29, 1.82) is 0 Å². The molecule has 206 valence electrons. The molecular formula is C30H46O4S2Si. The van der Waals surface area contributed by atoms with Crippen molar-refractivity contribution in [2.45, 2.75) is 89.1 Å². The number of thioether (sulfide) groups is 1. The fourth-order valence-electron chi connectivity index (χ4n) is 5.31. The number of hydrogen-bond donors (Lipinski definition) is 3. The van der Waals surface area contributed by atoms with E-state index < -0.39 is 20.5 Å². The van der Waals surface area contributed by atoms with Gasteiger partial charge in [-0.3, -0.25) is 0 Å². The minimum atomic E-state index is -2.62. The molecule has 2 aromatic carbocycles. The van der Waals surface area contributed by atoms with E-state index in [0.717, 1.165) is 17.9 Å². The lowest BCUT2D eigenvalue weighted by Gasteiger charge is -2.46. The van der Waals surface area contributed by atoms with Crippen LogP contribution in [0.15, 0.2) is 60.7 Å². The van der Waals surface area contributed by atoms with Crippen molar-refractivity contribution in [2.24, 2.45) is 5.41 Å². The van der Waals surface area contributed by atoms with Crippen LogP contribution in [0.3, 0.4) is 0 Å². The number of thiol groups is 1. The maximum absolute atomic E-state index is 11.0. The monoisotopic (exact) mass is 562 g/mol. The highest BCUT2D eigenvalue weighted by atomic mass is 32.2. The summed E-state index contributed by atoms with van der Waals surface area (Å²) in [7, 11) is -2.62. The van der Waals surface area contributed by atoms with Crippen LogP contribution in [0.4, 0.5) is 0 Å². The van der Waals surface area contributed by atoms with Crippen molar-refractivity contribution < 1.29 is 19.4 Å². The van der Waals surface area contributed by atoms with E-state index >= 15 is 0 Å². The summed E-state index contributed by atoms with van der Waals surface area (Å²) in [5.74, 6) is 1.79. The highest BCUT2D eigenvalue weighted by Gasteiger charge is 2.50. The zero-order valence-electron chi connectivity index (χ0n) is 23.1. The Bertz CT molecular complexity index is 896. The summed E-state index contributed by atoms with van der Waals surface area (Å²) < 4.78 is 13.4. The van der Waals surface area contributed by atoms with Crippen molar-refractivity contribution in [1.82, 2.24) is 0 Å². The molecule has 1 heterocycles. The first kappa shape index (κ1) is 30.7. The summed E-state index contributed by atoms with van der Waals surface area (Å²) in [6, 6.07) is 21.2. The molecular weight excluding hydrogens is 517 g/mol. The molecule has 4 nitrogen and oxygen atoms in total. The van der Waals surface area contributed by atoms with Crippen LogP contribution in [-0.2, 0) is 9.16 Å². The summed E-state index contributed by atoms with van der Waals surface area (Å²) in [6.45, 7) is 11.4. The fraction of sp³-hybridized carbons (Fsp3) is 0.600.